The molecule has 2 heterocycles. The summed E-state index contributed by atoms with van der Waals surface area (Å²) in [5, 5.41) is 20.9. The SMILES string of the molecule is O=C(Nc1nncs1)C1CCCN(C(=O)c2cc(Cl)ccc2O)C1. The number of carbonyl (C=O) groups excluding carboxylic acids is 2. The third-order valence-electron chi connectivity index (χ3n) is 3.86. The first-order valence-corrected chi connectivity index (χ1v) is 8.65. The Hall–Kier alpha value is -2.19. The van der Waals surface area contributed by atoms with Crippen molar-refractivity contribution in [1.82, 2.24) is 15.1 Å². The zero-order chi connectivity index (χ0) is 17.1. The summed E-state index contributed by atoms with van der Waals surface area (Å²) in [6.07, 6.45) is 1.40. The minimum atomic E-state index is -0.330. The second kappa shape index (κ2) is 7.14. The van der Waals surface area contributed by atoms with Crippen molar-refractivity contribution in [3.63, 3.8) is 0 Å². The molecule has 126 valence electrons. The Morgan fingerprint density at radius 1 is 1.42 bits per heavy atom. The fraction of sp³-hybridized carbons (Fsp3) is 0.333. The largest absolute Gasteiger partial charge is 0.507 e. The molecule has 7 nitrogen and oxygen atoms in total. The van der Waals surface area contributed by atoms with Crippen molar-refractivity contribution >= 4 is 39.9 Å². The Labute approximate surface area is 147 Å². The predicted octanol–water partition coefficient (Wildman–Crippen LogP) is 2.39. The zero-order valence-corrected chi connectivity index (χ0v) is 14.2. The van der Waals surface area contributed by atoms with E-state index in [1.807, 2.05) is 0 Å². The molecule has 3 rings (SSSR count). The fourth-order valence-corrected chi connectivity index (χ4v) is 3.28. The Morgan fingerprint density at radius 3 is 3.00 bits per heavy atom. The highest BCUT2D eigenvalue weighted by molar-refractivity contribution is 7.13. The first-order chi connectivity index (χ1) is 11.5. The van der Waals surface area contributed by atoms with Crippen LogP contribution in [0.15, 0.2) is 23.7 Å². The Balaban J connectivity index is 1.69. The molecule has 1 aliphatic rings. The van der Waals surface area contributed by atoms with Crippen LogP contribution in [0.1, 0.15) is 23.2 Å². The molecule has 0 spiro atoms. The number of nitrogens with one attached hydrogen (secondary N) is 1. The number of anilines is 1. The number of hydrogen-bond acceptors (Lipinski definition) is 6. The van der Waals surface area contributed by atoms with E-state index >= 15 is 0 Å². The minimum absolute atomic E-state index is 0.121. The standard InChI is InChI=1S/C15H15ClN4O3S/c16-10-3-4-12(21)11(6-10)14(23)20-5-1-2-9(7-20)13(22)18-15-19-17-8-24-15/h3-4,6,8-9,21H,1-2,5,7H2,(H,18,19,22). The van der Waals surface area contributed by atoms with Crippen LogP contribution in [0.25, 0.3) is 0 Å². The fourth-order valence-electron chi connectivity index (χ4n) is 2.66. The number of benzene rings is 1. The van der Waals surface area contributed by atoms with Crippen molar-refractivity contribution in [3.05, 3.63) is 34.3 Å². The van der Waals surface area contributed by atoms with Crippen molar-refractivity contribution in [2.45, 2.75) is 12.8 Å². The van der Waals surface area contributed by atoms with E-state index in [1.165, 1.54) is 35.0 Å². The lowest BCUT2D eigenvalue weighted by Crippen LogP contribution is -2.43. The molecular weight excluding hydrogens is 352 g/mol. The number of rotatable bonds is 3. The van der Waals surface area contributed by atoms with Crippen LogP contribution in [0.3, 0.4) is 0 Å². The first-order valence-electron chi connectivity index (χ1n) is 7.39. The summed E-state index contributed by atoms with van der Waals surface area (Å²) in [5.74, 6) is -0.958. The number of aromatic hydroxyl groups is 1. The maximum absolute atomic E-state index is 12.6. The van der Waals surface area contributed by atoms with E-state index in [1.54, 1.807) is 4.90 Å². The normalized spacial score (nSPS) is 17.5. The van der Waals surface area contributed by atoms with E-state index in [-0.39, 0.29) is 35.6 Å². The number of nitrogens with zero attached hydrogens (tertiary/aromatic N) is 3. The van der Waals surface area contributed by atoms with Gasteiger partial charge in [0.15, 0.2) is 0 Å². The number of amides is 2. The predicted molar refractivity (Wildman–Crippen MR) is 90.3 cm³/mol. The van der Waals surface area contributed by atoms with E-state index in [9.17, 15) is 14.7 Å². The molecule has 0 aliphatic carbocycles. The van der Waals surface area contributed by atoms with Gasteiger partial charge in [-0.15, -0.1) is 10.2 Å². The summed E-state index contributed by atoms with van der Waals surface area (Å²) in [4.78, 5) is 26.5. The number of carbonyl (C=O) groups is 2. The molecule has 0 bridgehead atoms. The molecule has 0 saturated carbocycles. The molecule has 1 atom stereocenters. The number of halogens is 1. The van der Waals surface area contributed by atoms with Gasteiger partial charge in [0.05, 0.1) is 11.5 Å². The molecule has 1 aromatic carbocycles. The lowest BCUT2D eigenvalue weighted by atomic mass is 9.96. The molecule has 0 radical (unpaired) electrons. The molecule has 24 heavy (non-hydrogen) atoms. The van der Waals surface area contributed by atoms with Gasteiger partial charge in [0.25, 0.3) is 5.91 Å². The Bertz CT molecular complexity index is 753. The van der Waals surface area contributed by atoms with E-state index < -0.39 is 0 Å². The maximum Gasteiger partial charge on any atom is 0.257 e. The Morgan fingerprint density at radius 2 is 2.25 bits per heavy atom. The number of likely N-dealkylation sites (tertiary alicyclic amines) is 1. The molecule has 2 aromatic rings. The summed E-state index contributed by atoms with van der Waals surface area (Å²) < 4.78 is 0. The topological polar surface area (TPSA) is 95.4 Å². The number of aromatic nitrogens is 2. The third-order valence-corrected chi connectivity index (χ3v) is 4.70. The number of phenolic OH excluding ortho intramolecular Hbond substituents is 1. The van der Waals surface area contributed by atoms with Crippen LogP contribution in [0.4, 0.5) is 5.13 Å². The maximum atomic E-state index is 12.6. The number of piperidine rings is 1. The van der Waals surface area contributed by atoms with Gasteiger partial charge in [-0.05, 0) is 31.0 Å². The highest BCUT2D eigenvalue weighted by Crippen LogP contribution is 2.26. The quantitative estimate of drug-likeness (QED) is 0.869. The van der Waals surface area contributed by atoms with Gasteiger partial charge >= 0.3 is 0 Å². The molecular formula is C15H15ClN4O3S. The molecule has 2 amide bonds. The van der Waals surface area contributed by atoms with E-state index in [0.29, 0.717) is 29.5 Å². The summed E-state index contributed by atoms with van der Waals surface area (Å²) >= 11 is 7.14. The average Bonchev–Trinajstić information content (AvgIpc) is 3.09. The molecule has 2 N–H and O–H groups in total. The van der Waals surface area contributed by atoms with Gasteiger partial charge < -0.3 is 15.3 Å². The number of phenols is 1. The van der Waals surface area contributed by atoms with Crippen LogP contribution in [-0.4, -0.2) is 45.1 Å². The molecule has 1 unspecified atom stereocenters. The summed E-state index contributed by atoms with van der Waals surface area (Å²) in [5.41, 5.74) is 1.68. The second-order valence-corrected chi connectivity index (χ2v) is 6.75. The van der Waals surface area contributed by atoms with Gasteiger partial charge in [-0.1, -0.05) is 22.9 Å². The first kappa shape index (κ1) is 16.7. The van der Waals surface area contributed by atoms with Crippen LogP contribution in [-0.2, 0) is 4.79 Å². The zero-order valence-electron chi connectivity index (χ0n) is 12.6. The lowest BCUT2D eigenvalue weighted by molar-refractivity contribution is -0.121. The van der Waals surface area contributed by atoms with Crippen molar-refractivity contribution in [2.24, 2.45) is 5.92 Å². The van der Waals surface area contributed by atoms with Gasteiger partial charge in [0.2, 0.25) is 11.0 Å². The van der Waals surface area contributed by atoms with E-state index in [0.717, 1.165) is 0 Å². The molecule has 1 fully saturated rings. The second-order valence-electron chi connectivity index (χ2n) is 5.48. The van der Waals surface area contributed by atoms with Crippen molar-refractivity contribution in [1.29, 1.82) is 0 Å². The smallest absolute Gasteiger partial charge is 0.257 e. The van der Waals surface area contributed by atoms with Crippen LogP contribution in [0, 0.1) is 5.92 Å². The molecule has 1 aromatic heterocycles. The van der Waals surface area contributed by atoms with Crippen LogP contribution >= 0.6 is 22.9 Å². The lowest BCUT2D eigenvalue weighted by Gasteiger charge is -2.32. The van der Waals surface area contributed by atoms with E-state index in [4.69, 9.17) is 11.6 Å². The molecule has 1 aliphatic heterocycles. The third kappa shape index (κ3) is 3.65. The van der Waals surface area contributed by atoms with Gasteiger partial charge in [-0.2, -0.15) is 0 Å². The molecule has 9 heteroatoms. The number of hydrogen-bond donors (Lipinski definition) is 2. The van der Waals surface area contributed by atoms with Crippen LogP contribution < -0.4 is 5.32 Å². The monoisotopic (exact) mass is 366 g/mol. The minimum Gasteiger partial charge on any atom is -0.507 e. The summed E-state index contributed by atoms with van der Waals surface area (Å²) in [6.45, 7) is 0.822. The van der Waals surface area contributed by atoms with Gasteiger partial charge in [0, 0.05) is 18.1 Å². The van der Waals surface area contributed by atoms with E-state index in [2.05, 4.69) is 15.5 Å². The average molecular weight is 367 g/mol. The van der Waals surface area contributed by atoms with Crippen LogP contribution in [0.5, 0.6) is 5.75 Å². The van der Waals surface area contributed by atoms with Crippen molar-refractivity contribution < 1.29 is 14.7 Å². The summed E-state index contributed by atoms with van der Waals surface area (Å²) in [7, 11) is 0. The van der Waals surface area contributed by atoms with Crippen LogP contribution in [0.2, 0.25) is 5.02 Å². The van der Waals surface area contributed by atoms with Gasteiger partial charge in [0.1, 0.15) is 11.3 Å². The molecule has 1 saturated heterocycles. The summed E-state index contributed by atoms with van der Waals surface area (Å²) in [6, 6.07) is 4.34. The highest BCUT2D eigenvalue weighted by Gasteiger charge is 2.30. The van der Waals surface area contributed by atoms with Crippen molar-refractivity contribution in [3.8, 4) is 5.75 Å². The highest BCUT2D eigenvalue weighted by atomic mass is 35.5. The van der Waals surface area contributed by atoms with Gasteiger partial charge in [-0.3, -0.25) is 9.59 Å². The van der Waals surface area contributed by atoms with Gasteiger partial charge in [-0.25, -0.2) is 0 Å². The Kier molecular flexibility index (Phi) is 4.96. The van der Waals surface area contributed by atoms with Crippen molar-refractivity contribution in [2.75, 3.05) is 18.4 Å².